The zero-order chi connectivity index (χ0) is 36.5. The van der Waals surface area contributed by atoms with Gasteiger partial charge in [-0.1, -0.05) is 148 Å². The molecule has 0 saturated carbocycles. The Morgan fingerprint density at radius 1 is 0.731 bits per heavy atom. The predicted octanol–water partition coefficient (Wildman–Crippen LogP) is 11.0. The molecule has 0 saturated heterocycles. The number of allylic oxidation sites excluding steroid dienone is 4. The van der Waals surface area contributed by atoms with Crippen molar-refractivity contribution in [3.05, 3.63) is 186 Å². The predicted molar refractivity (Wildman–Crippen MR) is 228 cm³/mol. The van der Waals surface area contributed by atoms with Crippen molar-refractivity contribution in [2.24, 2.45) is 5.73 Å². The minimum absolute atomic E-state index is 0.222. The Kier molecular flexibility index (Phi) is 11.6. The first-order valence-corrected chi connectivity index (χ1v) is 18.2. The third-order valence-electron chi connectivity index (χ3n) is 9.37. The second-order valence-electron chi connectivity index (χ2n) is 13.3. The molecule has 6 aromatic rings. The van der Waals surface area contributed by atoms with Crippen LogP contribution in [0.2, 0.25) is 0 Å². The van der Waals surface area contributed by atoms with Gasteiger partial charge in [-0.3, -0.25) is 0 Å². The molecule has 0 fully saturated rings. The Bertz CT molecular complexity index is 2420. The number of nitrogens with one attached hydrogen (secondary N) is 1. The molecule has 0 bridgehead atoms. The molecule has 3 N–H and O–H groups in total. The van der Waals surface area contributed by atoms with Crippen molar-refractivity contribution in [1.29, 1.82) is 0 Å². The van der Waals surface area contributed by atoms with Crippen molar-refractivity contribution in [3.63, 3.8) is 0 Å². The number of aryl methyl sites for hydroxylation is 1. The zero-order valence-electron chi connectivity index (χ0n) is 30.6. The smallest absolute Gasteiger partial charge is 0.0419 e. The van der Waals surface area contributed by atoms with Crippen molar-refractivity contribution in [3.8, 4) is 44.5 Å². The lowest BCUT2D eigenvalue weighted by atomic mass is 9.89. The van der Waals surface area contributed by atoms with Crippen LogP contribution in [0.4, 0.5) is 0 Å². The Morgan fingerprint density at radius 3 is 2.12 bits per heavy atom. The van der Waals surface area contributed by atoms with Crippen LogP contribution in [0.3, 0.4) is 0 Å². The SMILES string of the molecule is C=C/C=c1/c(-c2cc(-c3cccc(-c4ccc(C)c(C5=CC=CCN5)c4)c3)cc(-c3cccc4ccccc34)c2)cccc1=C.CCC=CC(C)N. The van der Waals surface area contributed by atoms with Crippen molar-refractivity contribution in [1.82, 2.24) is 5.32 Å². The van der Waals surface area contributed by atoms with Crippen LogP contribution < -0.4 is 21.5 Å². The maximum absolute atomic E-state index is 5.39. The molecule has 2 nitrogen and oxygen atoms in total. The van der Waals surface area contributed by atoms with Crippen molar-refractivity contribution in [2.45, 2.75) is 33.2 Å². The lowest BCUT2D eigenvalue weighted by Crippen LogP contribution is -2.24. The van der Waals surface area contributed by atoms with Crippen LogP contribution in [-0.2, 0) is 0 Å². The van der Waals surface area contributed by atoms with E-state index in [0.717, 1.165) is 34.5 Å². The van der Waals surface area contributed by atoms with Gasteiger partial charge in [0.15, 0.2) is 0 Å². The summed E-state index contributed by atoms with van der Waals surface area (Å²) in [6, 6.07) is 44.4. The summed E-state index contributed by atoms with van der Waals surface area (Å²) >= 11 is 0. The summed E-state index contributed by atoms with van der Waals surface area (Å²) in [4.78, 5) is 0. The molecule has 0 amide bonds. The number of dihydropyridines is 1. The van der Waals surface area contributed by atoms with Gasteiger partial charge < -0.3 is 11.1 Å². The van der Waals surface area contributed by atoms with Crippen molar-refractivity contribution >= 4 is 29.1 Å². The summed E-state index contributed by atoms with van der Waals surface area (Å²) < 4.78 is 0. The molecule has 1 aliphatic heterocycles. The summed E-state index contributed by atoms with van der Waals surface area (Å²) in [5.41, 5.74) is 18.5. The van der Waals surface area contributed by atoms with E-state index in [4.69, 9.17) is 5.73 Å². The van der Waals surface area contributed by atoms with Gasteiger partial charge in [-0.15, -0.1) is 0 Å². The van der Waals surface area contributed by atoms with Crippen molar-refractivity contribution in [2.75, 3.05) is 6.54 Å². The number of hydrogen-bond donors (Lipinski definition) is 2. The quantitative estimate of drug-likeness (QED) is 0.158. The van der Waals surface area contributed by atoms with E-state index < -0.39 is 0 Å². The van der Waals surface area contributed by atoms with Crippen LogP contribution in [0, 0.1) is 6.92 Å². The topological polar surface area (TPSA) is 38.0 Å². The van der Waals surface area contributed by atoms with E-state index >= 15 is 0 Å². The second-order valence-corrected chi connectivity index (χ2v) is 13.3. The Balaban J connectivity index is 0.000000604. The van der Waals surface area contributed by atoms with Gasteiger partial charge >= 0.3 is 0 Å². The molecule has 0 spiro atoms. The molecule has 0 radical (unpaired) electrons. The Labute approximate surface area is 309 Å². The summed E-state index contributed by atoms with van der Waals surface area (Å²) in [7, 11) is 0. The highest BCUT2D eigenvalue weighted by Gasteiger charge is 2.13. The average molecular weight is 677 g/mol. The van der Waals surface area contributed by atoms with Crippen LogP contribution in [0.15, 0.2) is 164 Å². The van der Waals surface area contributed by atoms with E-state index in [1.807, 2.05) is 19.1 Å². The number of hydrogen-bond acceptors (Lipinski definition) is 2. The molecule has 0 aromatic heterocycles. The molecule has 258 valence electrons. The van der Waals surface area contributed by atoms with Crippen LogP contribution in [0.5, 0.6) is 0 Å². The van der Waals surface area contributed by atoms with Crippen LogP contribution >= 0.6 is 0 Å². The van der Waals surface area contributed by atoms with Gasteiger partial charge in [0.05, 0.1) is 0 Å². The van der Waals surface area contributed by atoms with E-state index in [2.05, 4.69) is 184 Å². The van der Waals surface area contributed by atoms with E-state index in [9.17, 15) is 0 Å². The van der Waals surface area contributed by atoms with Gasteiger partial charge in [-0.05, 0) is 128 Å². The normalized spacial score (nSPS) is 13.3. The number of nitrogens with two attached hydrogens (primary N) is 1. The summed E-state index contributed by atoms with van der Waals surface area (Å²) in [6.45, 7) is 15.4. The van der Waals surface area contributed by atoms with Gasteiger partial charge in [0, 0.05) is 23.8 Å². The fourth-order valence-corrected chi connectivity index (χ4v) is 6.73. The van der Waals surface area contributed by atoms with Gasteiger partial charge in [-0.2, -0.15) is 0 Å². The fourth-order valence-electron chi connectivity index (χ4n) is 6.73. The molecule has 6 aromatic carbocycles. The highest BCUT2D eigenvalue weighted by atomic mass is 14.9. The average Bonchev–Trinajstić information content (AvgIpc) is 3.18. The molecular formula is C50H48N2. The third-order valence-corrected chi connectivity index (χ3v) is 9.37. The molecule has 2 heteroatoms. The molecule has 1 unspecified atom stereocenters. The monoisotopic (exact) mass is 676 g/mol. The first kappa shape index (κ1) is 35.9. The minimum atomic E-state index is 0.222. The van der Waals surface area contributed by atoms with Gasteiger partial charge in [0.25, 0.3) is 0 Å². The first-order chi connectivity index (χ1) is 25.4. The van der Waals surface area contributed by atoms with Gasteiger partial charge in [-0.25, -0.2) is 0 Å². The van der Waals surface area contributed by atoms with Crippen LogP contribution in [0.25, 0.3) is 73.6 Å². The van der Waals surface area contributed by atoms with E-state index in [-0.39, 0.29) is 6.04 Å². The largest absolute Gasteiger partial charge is 0.381 e. The maximum atomic E-state index is 5.39. The lowest BCUT2D eigenvalue weighted by molar-refractivity contribution is 0.918. The Morgan fingerprint density at radius 2 is 1.38 bits per heavy atom. The maximum Gasteiger partial charge on any atom is 0.0419 e. The first-order valence-electron chi connectivity index (χ1n) is 18.2. The third kappa shape index (κ3) is 8.32. The molecule has 1 atom stereocenters. The van der Waals surface area contributed by atoms with Crippen LogP contribution in [0.1, 0.15) is 31.4 Å². The lowest BCUT2D eigenvalue weighted by Gasteiger charge is -2.17. The highest BCUT2D eigenvalue weighted by molar-refractivity contribution is 5.98. The molecule has 0 aliphatic carbocycles. The summed E-state index contributed by atoms with van der Waals surface area (Å²) in [6.07, 6.45) is 15.5. The standard InChI is InChI=1S/C44H35N.C6H13N/c1-4-12-39-30(2)13-9-19-41(39)37-26-36(27-38(28-37)42-20-11-15-32-14-5-6-18-40(32)42)34-17-10-16-33(25-34)35-23-22-31(3)43(29-35)44-21-7-8-24-45-44;1-3-4-5-6(2)7/h4-23,25-29,45H,1-2,24H2,3H3;4-6H,3,7H2,1-2H3/b39-12+;. The summed E-state index contributed by atoms with van der Waals surface area (Å²) in [5.74, 6) is 0. The number of benzene rings is 6. The van der Waals surface area contributed by atoms with Crippen LogP contribution in [-0.4, -0.2) is 12.6 Å². The number of rotatable bonds is 8. The fraction of sp³-hybridized carbons (Fsp3) is 0.120. The highest BCUT2D eigenvalue weighted by Crippen LogP contribution is 2.37. The second kappa shape index (κ2) is 16.8. The Hall–Kier alpha value is -5.96. The zero-order valence-corrected chi connectivity index (χ0v) is 30.6. The van der Waals surface area contributed by atoms with E-state index in [0.29, 0.717) is 0 Å². The molecule has 52 heavy (non-hydrogen) atoms. The molecule has 1 heterocycles. The van der Waals surface area contributed by atoms with E-state index in [1.165, 1.54) is 61.0 Å². The van der Waals surface area contributed by atoms with Gasteiger partial charge in [0.1, 0.15) is 0 Å². The van der Waals surface area contributed by atoms with E-state index in [1.54, 1.807) is 0 Å². The molecular weight excluding hydrogens is 629 g/mol. The minimum Gasteiger partial charge on any atom is -0.381 e. The summed E-state index contributed by atoms with van der Waals surface area (Å²) in [5, 5.41) is 8.08. The number of fused-ring (bicyclic) bond motifs is 1. The molecule has 7 rings (SSSR count). The van der Waals surface area contributed by atoms with Crippen molar-refractivity contribution < 1.29 is 0 Å². The molecule has 1 aliphatic rings. The van der Waals surface area contributed by atoms with Gasteiger partial charge in [0.2, 0.25) is 0 Å².